The predicted octanol–water partition coefficient (Wildman–Crippen LogP) is 2.01. The van der Waals surface area contributed by atoms with E-state index < -0.39 is 0 Å². The van der Waals surface area contributed by atoms with Crippen LogP contribution in [0.5, 0.6) is 5.75 Å². The summed E-state index contributed by atoms with van der Waals surface area (Å²) in [7, 11) is 0. The maximum Gasteiger partial charge on any atom is 0.130 e. The van der Waals surface area contributed by atoms with Crippen LogP contribution in [0.2, 0.25) is 0 Å². The lowest BCUT2D eigenvalue weighted by Crippen LogP contribution is -2.24. The zero-order valence-corrected chi connectivity index (χ0v) is 9.47. The van der Waals surface area contributed by atoms with Gasteiger partial charge in [-0.15, -0.1) is 0 Å². The van der Waals surface area contributed by atoms with Gasteiger partial charge in [-0.25, -0.2) is 0 Å². The highest BCUT2D eigenvalue weighted by molar-refractivity contribution is 5.72. The number of rotatable bonds is 2. The van der Waals surface area contributed by atoms with E-state index in [1.807, 2.05) is 12.1 Å². The van der Waals surface area contributed by atoms with E-state index in [2.05, 4.69) is 23.2 Å². The molecule has 0 saturated heterocycles. The highest BCUT2D eigenvalue weighted by atomic mass is 16.5. The Balaban J connectivity index is 2.07. The number of pyridine rings is 1. The topological polar surface area (TPSA) is 48.1 Å². The summed E-state index contributed by atoms with van der Waals surface area (Å²) in [6, 6.07) is 10.2. The molecule has 1 aromatic heterocycles. The standard InChI is InChI=1S/C14H14N2O/c15-9-12-8-11-2-1-3-13(14(11)17-12)10-4-6-16-7-5-10/h1-7,12H,8-9,15H2. The third-order valence-corrected chi connectivity index (χ3v) is 3.08. The summed E-state index contributed by atoms with van der Waals surface area (Å²) in [4.78, 5) is 4.03. The second-order valence-corrected chi connectivity index (χ2v) is 4.21. The van der Waals surface area contributed by atoms with E-state index in [1.54, 1.807) is 12.4 Å². The molecule has 2 N–H and O–H groups in total. The Morgan fingerprint density at radius 1 is 1.24 bits per heavy atom. The van der Waals surface area contributed by atoms with Crippen molar-refractivity contribution in [3.63, 3.8) is 0 Å². The van der Waals surface area contributed by atoms with E-state index in [4.69, 9.17) is 10.5 Å². The van der Waals surface area contributed by atoms with Gasteiger partial charge in [-0.1, -0.05) is 18.2 Å². The molecule has 0 fully saturated rings. The van der Waals surface area contributed by atoms with Gasteiger partial charge >= 0.3 is 0 Å². The lowest BCUT2D eigenvalue weighted by molar-refractivity contribution is 0.242. The minimum atomic E-state index is 0.119. The Morgan fingerprint density at radius 3 is 2.82 bits per heavy atom. The third kappa shape index (κ3) is 1.78. The van der Waals surface area contributed by atoms with E-state index in [0.29, 0.717) is 6.54 Å². The summed E-state index contributed by atoms with van der Waals surface area (Å²) in [5.74, 6) is 0.981. The average Bonchev–Trinajstić information content (AvgIpc) is 2.82. The highest BCUT2D eigenvalue weighted by Gasteiger charge is 2.24. The molecular weight excluding hydrogens is 212 g/mol. The molecule has 3 rings (SSSR count). The highest BCUT2D eigenvalue weighted by Crippen LogP contribution is 2.38. The summed E-state index contributed by atoms with van der Waals surface area (Å²) in [6.45, 7) is 0.560. The molecule has 0 bridgehead atoms. The number of fused-ring (bicyclic) bond motifs is 1. The van der Waals surface area contributed by atoms with Gasteiger partial charge in [0, 0.05) is 30.9 Å². The smallest absolute Gasteiger partial charge is 0.130 e. The Kier molecular flexibility index (Phi) is 2.53. The van der Waals surface area contributed by atoms with Crippen molar-refractivity contribution in [2.24, 2.45) is 5.73 Å². The molecule has 2 heterocycles. The number of benzene rings is 1. The van der Waals surface area contributed by atoms with Crippen LogP contribution >= 0.6 is 0 Å². The molecule has 0 saturated carbocycles. The number of para-hydroxylation sites is 1. The van der Waals surface area contributed by atoms with E-state index >= 15 is 0 Å². The maximum atomic E-state index is 5.90. The van der Waals surface area contributed by atoms with Crippen LogP contribution in [0.1, 0.15) is 5.56 Å². The van der Waals surface area contributed by atoms with Crippen LogP contribution in [0.15, 0.2) is 42.7 Å². The molecule has 0 radical (unpaired) electrons. The molecule has 3 heteroatoms. The van der Waals surface area contributed by atoms with Crippen molar-refractivity contribution in [2.75, 3.05) is 6.54 Å². The minimum absolute atomic E-state index is 0.119. The van der Waals surface area contributed by atoms with E-state index in [0.717, 1.165) is 23.3 Å². The third-order valence-electron chi connectivity index (χ3n) is 3.08. The number of hydrogen-bond acceptors (Lipinski definition) is 3. The van der Waals surface area contributed by atoms with Gasteiger partial charge in [0.15, 0.2) is 0 Å². The first-order valence-electron chi connectivity index (χ1n) is 5.77. The van der Waals surface area contributed by atoms with Gasteiger partial charge in [-0.3, -0.25) is 4.98 Å². The first kappa shape index (κ1) is 10.3. The first-order chi connectivity index (χ1) is 8.38. The monoisotopic (exact) mass is 226 g/mol. The summed E-state index contributed by atoms with van der Waals surface area (Å²) in [5, 5.41) is 0. The predicted molar refractivity (Wildman–Crippen MR) is 66.8 cm³/mol. The van der Waals surface area contributed by atoms with E-state index in [9.17, 15) is 0 Å². The summed E-state index contributed by atoms with van der Waals surface area (Å²) in [5.41, 5.74) is 9.17. The number of aromatic nitrogens is 1. The zero-order chi connectivity index (χ0) is 11.7. The quantitative estimate of drug-likeness (QED) is 0.852. The molecule has 17 heavy (non-hydrogen) atoms. The molecule has 86 valence electrons. The molecule has 0 amide bonds. The van der Waals surface area contributed by atoms with Crippen molar-refractivity contribution < 1.29 is 4.74 Å². The molecule has 1 aliphatic heterocycles. The van der Waals surface area contributed by atoms with Gasteiger partial charge in [-0.05, 0) is 23.3 Å². The molecule has 1 unspecified atom stereocenters. The SMILES string of the molecule is NCC1Cc2cccc(-c3ccncc3)c2O1. The van der Waals surface area contributed by atoms with Gasteiger partial charge in [0.25, 0.3) is 0 Å². The fourth-order valence-corrected chi connectivity index (χ4v) is 2.23. The van der Waals surface area contributed by atoms with Gasteiger partial charge in [0.1, 0.15) is 11.9 Å². The van der Waals surface area contributed by atoms with Crippen LogP contribution < -0.4 is 10.5 Å². The minimum Gasteiger partial charge on any atom is -0.488 e. The van der Waals surface area contributed by atoms with Gasteiger partial charge < -0.3 is 10.5 Å². The van der Waals surface area contributed by atoms with Crippen LogP contribution in [0, 0.1) is 0 Å². The molecule has 0 spiro atoms. The fraction of sp³-hybridized carbons (Fsp3) is 0.214. The largest absolute Gasteiger partial charge is 0.488 e. The summed E-state index contributed by atoms with van der Waals surface area (Å²) < 4.78 is 5.90. The van der Waals surface area contributed by atoms with Crippen molar-refractivity contribution >= 4 is 0 Å². The molecule has 2 aromatic rings. The van der Waals surface area contributed by atoms with Crippen molar-refractivity contribution in [3.8, 4) is 16.9 Å². The van der Waals surface area contributed by atoms with Crippen molar-refractivity contribution in [3.05, 3.63) is 48.3 Å². The lowest BCUT2D eigenvalue weighted by Gasteiger charge is -2.10. The van der Waals surface area contributed by atoms with Crippen LogP contribution in [-0.4, -0.2) is 17.6 Å². The lowest BCUT2D eigenvalue weighted by atomic mass is 10.0. The van der Waals surface area contributed by atoms with Gasteiger partial charge in [0.05, 0.1) is 0 Å². The molecule has 3 nitrogen and oxygen atoms in total. The van der Waals surface area contributed by atoms with Crippen molar-refractivity contribution in [1.29, 1.82) is 0 Å². The van der Waals surface area contributed by atoms with Crippen molar-refractivity contribution in [2.45, 2.75) is 12.5 Å². The molecular formula is C14H14N2O. The Labute approximate surface area is 100 Å². The zero-order valence-electron chi connectivity index (χ0n) is 9.47. The number of hydrogen-bond donors (Lipinski definition) is 1. The fourth-order valence-electron chi connectivity index (χ4n) is 2.23. The number of nitrogens with two attached hydrogens (primary N) is 1. The van der Waals surface area contributed by atoms with Crippen LogP contribution in [0.25, 0.3) is 11.1 Å². The first-order valence-corrected chi connectivity index (χ1v) is 5.77. The van der Waals surface area contributed by atoms with Gasteiger partial charge in [-0.2, -0.15) is 0 Å². The number of ether oxygens (including phenoxy) is 1. The number of nitrogens with zero attached hydrogens (tertiary/aromatic N) is 1. The van der Waals surface area contributed by atoms with Crippen molar-refractivity contribution in [1.82, 2.24) is 4.98 Å². The molecule has 1 atom stereocenters. The van der Waals surface area contributed by atoms with E-state index in [-0.39, 0.29) is 6.10 Å². The Bertz CT molecular complexity index is 525. The molecule has 1 aromatic carbocycles. The second kappa shape index (κ2) is 4.18. The Hall–Kier alpha value is -1.87. The molecule has 0 aliphatic carbocycles. The van der Waals surface area contributed by atoms with Crippen LogP contribution in [-0.2, 0) is 6.42 Å². The maximum absolute atomic E-state index is 5.90. The summed E-state index contributed by atoms with van der Waals surface area (Å²) in [6.07, 6.45) is 4.62. The van der Waals surface area contributed by atoms with Crippen LogP contribution in [0.3, 0.4) is 0 Å². The summed E-state index contributed by atoms with van der Waals surface area (Å²) >= 11 is 0. The average molecular weight is 226 g/mol. The van der Waals surface area contributed by atoms with Gasteiger partial charge in [0.2, 0.25) is 0 Å². The second-order valence-electron chi connectivity index (χ2n) is 4.21. The Morgan fingerprint density at radius 2 is 2.06 bits per heavy atom. The van der Waals surface area contributed by atoms with Crippen LogP contribution in [0.4, 0.5) is 0 Å². The van der Waals surface area contributed by atoms with E-state index in [1.165, 1.54) is 5.56 Å². The molecule has 1 aliphatic rings. The normalized spacial score (nSPS) is 17.6.